The lowest BCUT2D eigenvalue weighted by Gasteiger charge is -2.35. The second-order valence-electron chi connectivity index (χ2n) is 5.58. The second kappa shape index (κ2) is 7.44. The van der Waals surface area contributed by atoms with Gasteiger partial charge in [0.05, 0.1) is 32.6 Å². The molecule has 1 aromatic carbocycles. The summed E-state index contributed by atoms with van der Waals surface area (Å²) < 4.78 is 1.01. The highest BCUT2D eigenvalue weighted by Gasteiger charge is 2.22. The molecule has 3 heteroatoms. The molecule has 0 spiro atoms. The molecule has 0 bridgehead atoms. The lowest BCUT2D eigenvalue weighted by Crippen LogP contribution is -2.49. The third kappa shape index (κ3) is 4.07. The number of amides is 1. The van der Waals surface area contributed by atoms with Crippen molar-refractivity contribution in [3.8, 4) is 0 Å². The van der Waals surface area contributed by atoms with E-state index < -0.39 is 0 Å². The van der Waals surface area contributed by atoms with Gasteiger partial charge in [0.15, 0.2) is 0 Å². The Morgan fingerprint density at radius 3 is 2.00 bits per heavy atom. The average molecular weight is 277 g/mol. The van der Waals surface area contributed by atoms with Crippen LogP contribution in [0.25, 0.3) is 0 Å². The number of hydrogen-bond acceptors (Lipinski definition) is 1. The van der Waals surface area contributed by atoms with Crippen LogP contribution < -0.4 is 5.32 Å². The Morgan fingerprint density at radius 2 is 1.55 bits per heavy atom. The van der Waals surface area contributed by atoms with Gasteiger partial charge in [0.1, 0.15) is 0 Å². The predicted molar refractivity (Wildman–Crippen MR) is 85.9 cm³/mol. The second-order valence-corrected chi connectivity index (χ2v) is 5.58. The molecule has 1 rings (SSSR count). The van der Waals surface area contributed by atoms with Gasteiger partial charge in [-0.05, 0) is 45.7 Å². The average Bonchev–Trinajstić information content (AvgIpc) is 2.45. The SMILES string of the molecule is CC[N+](CC)(CC)CCC(=O)Nc1c(C)cccc1C. The molecule has 0 aliphatic heterocycles. The predicted octanol–water partition coefficient (Wildman–Crippen LogP) is 3.51. The molecule has 112 valence electrons. The Hall–Kier alpha value is -1.35. The van der Waals surface area contributed by atoms with Crippen LogP contribution in [0.5, 0.6) is 0 Å². The molecule has 20 heavy (non-hydrogen) atoms. The van der Waals surface area contributed by atoms with E-state index in [9.17, 15) is 4.79 Å². The number of aryl methyl sites for hydroxylation is 2. The van der Waals surface area contributed by atoms with Crippen LogP contribution in [0.4, 0.5) is 5.69 Å². The normalized spacial score (nSPS) is 11.4. The van der Waals surface area contributed by atoms with Crippen LogP contribution >= 0.6 is 0 Å². The Morgan fingerprint density at radius 1 is 1.05 bits per heavy atom. The first-order valence-electron chi connectivity index (χ1n) is 7.69. The number of carbonyl (C=O) groups excluding carboxylic acids is 1. The lowest BCUT2D eigenvalue weighted by atomic mass is 10.1. The molecule has 0 fully saturated rings. The summed E-state index contributed by atoms with van der Waals surface area (Å²) in [4.78, 5) is 12.2. The molecule has 0 unspecified atom stereocenters. The Balaban J connectivity index is 2.65. The van der Waals surface area contributed by atoms with Crippen molar-refractivity contribution < 1.29 is 9.28 Å². The Kier molecular flexibility index (Phi) is 6.21. The van der Waals surface area contributed by atoms with Gasteiger partial charge in [0.25, 0.3) is 0 Å². The largest absolute Gasteiger partial charge is 0.325 e. The highest BCUT2D eigenvalue weighted by Crippen LogP contribution is 2.19. The van der Waals surface area contributed by atoms with E-state index in [2.05, 4.69) is 26.1 Å². The molecule has 0 atom stereocenters. The summed E-state index contributed by atoms with van der Waals surface area (Å²) in [6, 6.07) is 6.09. The van der Waals surface area contributed by atoms with Gasteiger partial charge < -0.3 is 9.80 Å². The van der Waals surface area contributed by atoms with Crippen LogP contribution in [0.3, 0.4) is 0 Å². The zero-order chi connectivity index (χ0) is 15.2. The van der Waals surface area contributed by atoms with Crippen molar-refractivity contribution in [3.05, 3.63) is 29.3 Å². The zero-order valence-electron chi connectivity index (χ0n) is 13.6. The number of carbonyl (C=O) groups is 1. The van der Waals surface area contributed by atoms with Gasteiger partial charge in [0, 0.05) is 5.69 Å². The molecule has 1 N–H and O–H groups in total. The first kappa shape index (κ1) is 16.7. The molecule has 0 saturated heterocycles. The van der Waals surface area contributed by atoms with Crippen molar-refractivity contribution >= 4 is 11.6 Å². The summed E-state index contributed by atoms with van der Waals surface area (Å²) in [5.41, 5.74) is 3.22. The van der Waals surface area contributed by atoms with Gasteiger partial charge in [-0.15, -0.1) is 0 Å². The van der Waals surface area contributed by atoms with Crippen molar-refractivity contribution in [2.24, 2.45) is 0 Å². The maximum Gasteiger partial charge on any atom is 0.230 e. The monoisotopic (exact) mass is 277 g/mol. The van der Waals surface area contributed by atoms with E-state index in [1.807, 2.05) is 32.0 Å². The number of quaternary nitrogens is 1. The maximum absolute atomic E-state index is 12.2. The molecule has 0 saturated carbocycles. The summed E-state index contributed by atoms with van der Waals surface area (Å²) in [6.45, 7) is 14.9. The minimum Gasteiger partial charge on any atom is -0.325 e. The number of hydrogen-bond donors (Lipinski definition) is 1. The fourth-order valence-electron chi connectivity index (χ4n) is 2.70. The third-order valence-electron chi connectivity index (χ3n) is 4.57. The Bertz CT molecular complexity index is 422. The lowest BCUT2D eigenvalue weighted by molar-refractivity contribution is -0.922. The van der Waals surface area contributed by atoms with Crippen molar-refractivity contribution in [1.82, 2.24) is 0 Å². The van der Waals surface area contributed by atoms with Crippen molar-refractivity contribution in [3.63, 3.8) is 0 Å². The van der Waals surface area contributed by atoms with E-state index in [1.165, 1.54) is 0 Å². The molecular weight excluding hydrogens is 248 g/mol. The fourth-order valence-corrected chi connectivity index (χ4v) is 2.70. The molecular formula is C17H29N2O+. The summed E-state index contributed by atoms with van der Waals surface area (Å²) in [5, 5.41) is 3.07. The first-order chi connectivity index (χ1) is 9.48. The number of benzene rings is 1. The Labute approximate surface area is 123 Å². The molecule has 0 aliphatic carbocycles. The maximum atomic E-state index is 12.2. The fraction of sp³-hybridized carbons (Fsp3) is 0.588. The van der Waals surface area contributed by atoms with Gasteiger partial charge in [-0.3, -0.25) is 4.79 Å². The van der Waals surface area contributed by atoms with Gasteiger partial charge in [-0.2, -0.15) is 0 Å². The van der Waals surface area contributed by atoms with Gasteiger partial charge in [-0.1, -0.05) is 18.2 Å². The number of para-hydroxylation sites is 1. The molecule has 0 radical (unpaired) electrons. The van der Waals surface area contributed by atoms with E-state index in [0.717, 1.165) is 47.5 Å². The molecule has 0 aromatic heterocycles. The molecule has 3 nitrogen and oxygen atoms in total. The van der Waals surface area contributed by atoms with Crippen LogP contribution in [0.1, 0.15) is 38.3 Å². The molecule has 1 aromatic rings. The van der Waals surface area contributed by atoms with Crippen LogP contribution in [0, 0.1) is 13.8 Å². The quantitative estimate of drug-likeness (QED) is 0.759. The van der Waals surface area contributed by atoms with E-state index in [1.54, 1.807) is 0 Å². The standard InChI is InChI=1S/C17H28N2O/c1-6-19(7-2,8-3)13-12-16(20)18-17-14(4)10-9-11-15(17)5/h9-11H,6-8,12-13H2,1-5H3/p+1. The minimum absolute atomic E-state index is 0.125. The van der Waals surface area contributed by atoms with Crippen molar-refractivity contribution in [2.45, 2.75) is 41.0 Å². The number of nitrogens with zero attached hydrogens (tertiary/aromatic N) is 1. The smallest absolute Gasteiger partial charge is 0.230 e. The first-order valence-corrected chi connectivity index (χ1v) is 7.69. The van der Waals surface area contributed by atoms with Crippen LogP contribution in [0.2, 0.25) is 0 Å². The van der Waals surface area contributed by atoms with Crippen LogP contribution in [0.15, 0.2) is 18.2 Å². The van der Waals surface area contributed by atoms with Gasteiger partial charge >= 0.3 is 0 Å². The zero-order valence-corrected chi connectivity index (χ0v) is 13.6. The van der Waals surface area contributed by atoms with E-state index in [0.29, 0.717) is 6.42 Å². The highest BCUT2D eigenvalue weighted by molar-refractivity contribution is 5.92. The summed E-state index contributed by atoms with van der Waals surface area (Å²) in [7, 11) is 0. The van der Waals surface area contributed by atoms with E-state index >= 15 is 0 Å². The topological polar surface area (TPSA) is 29.1 Å². The van der Waals surface area contributed by atoms with Crippen molar-refractivity contribution in [2.75, 3.05) is 31.5 Å². The molecule has 0 heterocycles. The molecule has 1 amide bonds. The van der Waals surface area contributed by atoms with Crippen molar-refractivity contribution in [1.29, 1.82) is 0 Å². The summed E-state index contributed by atoms with van der Waals surface area (Å²) in [6.07, 6.45) is 0.587. The summed E-state index contributed by atoms with van der Waals surface area (Å²) in [5.74, 6) is 0.125. The van der Waals surface area contributed by atoms with Gasteiger partial charge in [-0.25, -0.2) is 0 Å². The minimum atomic E-state index is 0.125. The highest BCUT2D eigenvalue weighted by atomic mass is 16.1. The van der Waals surface area contributed by atoms with Gasteiger partial charge in [0.2, 0.25) is 5.91 Å². The summed E-state index contributed by atoms with van der Waals surface area (Å²) >= 11 is 0. The van der Waals surface area contributed by atoms with E-state index in [4.69, 9.17) is 0 Å². The molecule has 0 aliphatic rings. The van der Waals surface area contributed by atoms with Crippen LogP contribution in [-0.4, -0.2) is 36.6 Å². The van der Waals surface area contributed by atoms with Crippen LogP contribution in [-0.2, 0) is 4.79 Å². The number of rotatable bonds is 7. The number of anilines is 1. The van der Waals surface area contributed by atoms with E-state index in [-0.39, 0.29) is 5.91 Å². The third-order valence-corrected chi connectivity index (χ3v) is 4.57. The number of nitrogens with one attached hydrogen (secondary N) is 1.